The highest BCUT2D eigenvalue weighted by molar-refractivity contribution is 5.85. The van der Waals surface area contributed by atoms with Gasteiger partial charge in [-0.25, -0.2) is 9.50 Å². The summed E-state index contributed by atoms with van der Waals surface area (Å²) in [5.41, 5.74) is 1.73. The van der Waals surface area contributed by atoms with Crippen molar-refractivity contribution in [3.63, 3.8) is 0 Å². The maximum atomic E-state index is 13.5. The standard InChI is InChI=1S/C19H19F3N4.ClH/c1-13-9-18-23-16(10-17(19(20,21)22)26(18)24-13)15-7-8-25(12-15)11-14-5-3-2-4-6-14;/h2-6,9-10,15H,7-8,11-12H2,1H3;1H. The SMILES string of the molecule is Cc1cc2nc(C3CCN(Cc4ccccc4)C3)cc(C(F)(F)F)n2n1.Cl. The van der Waals surface area contributed by atoms with Gasteiger partial charge in [0, 0.05) is 30.8 Å². The third-order valence-electron chi connectivity index (χ3n) is 4.80. The Morgan fingerprint density at radius 1 is 1.15 bits per heavy atom. The molecule has 4 nitrogen and oxygen atoms in total. The summed E-state index contributed by atoms with van der Waals surface area (Å²) < 4.78 is 41.3. The second-order valence-electron chi connectivity index (χ2n) is 6.83. The van der Waals surface area contributed by atoms with Crippen LogP contribution in [0.5, 0.6) is 0 Å². The smallest absolute Gasteiger partial charge is 0.298 e. The van der Waals surface area contributed by atoms with E-state index >= 15 is 0 Å². The summed E-state index contributed by atoms with van der Waals surface area (Å²) in [5, 5.41) is 3.94. The second-order valence-corrected chi connectivity index (χ2v) is 6.83. The third-order valence-corrected chi connectivity index (χ3v) is 4.80. The number of benzene rings is 1. The lowest BCUT2D eigenvalue weighted by Crippen LogP contribution is -2.20. The zero-order valence-corrected chi connectivity index (χ0v) is 15.6. The van der Waals surface area contributed by atoms with Gasteiger partial charge in [-0.2, -0.15) is 18.3 Å². The maximum Gasteiger partial charge on any atom is 0.433 e. The van der Waals surface area contributed by atoms with Gasteiger partial charge in [0.2, 0.25) is 0 Å². The second kappa shape index (κ2) is 7.48. The number of likely N-dealkylation sites (tertiary alicyclic amines) is 1. The van der Waals surface area contributed by atoms with Gasteiger partial charge >= 0.3 is 6.18 Å². The first-order chi connectivity index (χ1) is 12.4. The Labute approximate surface area is 161 Å². The van der Waals surface area contributed by atoms with Gasteiger partial charge in [-0.3, -0.25) is 4.90 Å². The van der Waals surface area contributed by atoms with Crippen LogP contribution in [0.15, 0.2) is 42.5 Å². The number of fused-ring (bicyclic) bond motifs is 1. The van der Waals surface area contributed by atoms with Crippen LogP contribution in [-0.2, 0) is 12.7 Å². The molecule has 1 saturated heterocycles. The van der Waals surface area contributed by atoms with Crippen molar-refractivity contribution in [3.05, 3.63) is 65.1 Å². The molecule has 1 aliphatic heterocycles. The largest absolute Gasteiger partial charge is 0.433 e. The van der Waals surface area contributed by atoms with Crippen LogP contribution in [-0.4, -0.2) is 32.6 Å². The molecule has 3 aromatic rings. The lowest BCUT2D eigenvalue weighted by molar-refractivity contribution is -0.142. The molecule has 0 amide bonds. The molecular weight excluding hydrogens is 377 g/mol. The summed E-state index contributed by atoms with van der Waals surface area (Å²) in [6.45, 7) is 4.04. The lowest BCUT2D eigenvalue weighted by atomic mass is 10.0. The average Bonchev–Trinajstić information content (AvgIpc) is 3.19. The molecule has 0 radical (unpaired) electrons. The number of aryl methyl sites for hydroxylation is 1. The van der Waals surface area contributed by atoms with Crippen LogP contribution in [0, 0.1) is 6.92 Å². The monoisotopic (exact) mass is 396 g/mol. The molecule has 0 saturated carbocycles. The zero-order chi connectivity index (χ0) is 18.3. The van der Waals surface area contributed by atoms with E-state index in [2.05, 4.69) is 27.1 Å². The molecule has 0 N–H and O–H groups in total. The molecule has 1 unspecified atom stereocenters. The molecule has 1 fully saturated rings. The molecule has 0 bridgehead atoms. The Kier molecular flexibility index (Phi) is 5.44. The highest BCUT2D eigenvalue weighted by Crippen LogP contribution is 2.34. The summed E-state index contributed by atoms with van der Waals surface area (Å²) in [6, 6.07) is 12.8. The van der Waals surface area contributed by atoms with Gasteiger partial charge in [-0.15, -0.1) is 12.4 Å². The van der Waals surface area contributed by atoms with Gasteiger partial charge in [-0.1, -0.05) is 30.3 Å². The van der Waals surface area contributed by atoms with Crippen molar-refractivity contribution in [2.45, 2.75) is 32.0 Å². The van der Waals surface area contributed by atoms with E-state index in [1.165, 1.54) is 5.56 Å². The summed E-state index contributed by atoms with van der Waals surface area (Å²) >= 11 is 0. The van der Waals surface area contributed by atoms with Crippen LogP contribution in [0.1, 0.15) is 35.0 Å². The molecule has 1 aromatic carbocycles. The summed E-state index contributed by atoms with van der Waals surface area (Å²) in [4.78, 5) is 6.73. The number of halogens is 4. The van der Waals surface area contributed by atoms with Crippen LogP contribution < -0.4 is 0 Å². The van der Waals surface area contributed by atoms with Crippen molar-refractivity contribution >= 4 is 18.1 Å². The Hall–Kier alpha value is -2.12. The fourth-order valence-corrected chi connectivity index (χ4v) is 3.58. The summed E-state index contributed by atoms with van der Waals surface area (Å²) in [6.07, 6.45) is -3.66. The lowest BCUT2D eigenvalue weighted by Gasteiger charge is -2.17. The van der Waals surface area contributed by atoms with Crippen LogP contribution in [0.25, 0.3) is 5.65 Å². The van der Waals surface area contributed by atoms with Gasteiger partial charge in [0.05, 0.1) is 5.69 Å². The zero-order valence-electron chi connectivity index (χ0n) is 14.8. The molecule has 144 valence electrons. The predicted molar refractivity (Wildman–Crippen MR) is 99.1 cm³/mol. The quantitative estimate of drug-likeness (QED) is 0.655. The van der Waals surface area contributed by atoms with E-state index in [-0.39, 0.29) is 24.0 Å². The number of nitrogens with zero attached hydrogens (tertiary/aromatic N) is 4. The fraction of sp³-hybridized carbons (Fsp3) is 0.368. The van der Waals surface area contributed by atoms with E-state index in [9.17, 15) is 13.2 Å². The molecule has 3 heterocycles. The predicted octanol–water partition coefficient (Wildman–Crippen LogP) is 4.47. The molecule has 4 rings (SSSR count). The minimum Gasteiger partial charge on any atom is -0.298 e. The Bertz CT molecular complexity index is 924. The number of hydrogen-bond acceptors (Lipinski definition) is 3. The molecule has 2 aromatic heterocycles. The van der Waals surface area contributed by atoms with Crippen LogP contribution >= 0.6 is 12.4 Å². The van der Waals surface area contributed by atoms with Crippen LogP contribution in [0.3, 0.4) is 0 Å². The molecule has 1 atom stereocenters. The molecule has 0 aliphatic carbocycles. The third kappa shape index (κ3) is 4.09. The van der Waals surface area contributed by atoms with Gasteiger partial charge < -0.3 is 0 Å². The number of rotatable bonds is 3. The van der Waals surface area contributed by atoms with Crippen molar-refractivity contribution in [1.82, 2.24) is 19.5 Å². The first-order valence-corrected chi connectivity index (χ1v) is 8.61. The Morgan fingerprint density at radius 3 is 2.59 bits per heavy atom. The Balaban J connectivity index is 0.00000210. The number of hydrogen-bond donors (Lipinski definition) is 0. The van der Waals surface area contributed by atoms with Crippen LogP contribution in [0.2, 0.25) is 0 Å². The van der Waals surface area contributed by atoms with E-state index in [1.54, 1.807) is 13.0 Å². The molecule has 27 heavy (non-hydrogen) atoms. The normalized spacial score (nSPS) is 18.0. The minimum absolute atomic E-state index is 0. The van der Waals surface area contributed by atoms with E-state index in [0.29, 0.717) is 17.9 Å². The number of aromatic nitrogens is 3. The highest BCUT2D eigenvalue weighted by Gasteiger charge is 2.36. The topological polar surface area (TPSA) is 33.4 Å². The van der Waals surface area contributed by atoms with Crippen LogP contribution in [0.4, 0.5) is 13.2 Å². The van der Waals surface area contributed by atoms with Crippen molar-refractivity contribution in [1.29, 1.82) is 0 Å². The van der Waals surface area contributed by atoms with Crippen molar-refractivity contribution in [2.75, 3.05) is 13.1 Å². The van der Waals surface area contributed by atoms with Gasteiger partial charge in [-0.05, 0) is 31.5 Å². The molecular formula is C19H20ClF3N4. The first kappa shape index (κ1) is 19.6. The maximum absolute atomic E-state index is 13.5. The van der Waals surface area contributed by atoms with Crippen molar-refractivity contribution in [2.24, 2.45) is 0 Å². The molecule has 0 spiro atoms. The minimum atomic E-state index is -4.46. The van der Waals surface area contributed by atoms with Gasteiger partial charge in [0.25, 0.3) is 0 Å². The average molecular weight is 397 g/mol. The summed E-state index contributed by atoms with van der Waals surface area (Å²) in [5.74, 6) is 0.0000170. The molecule has 8 heteroatoms. The van der Waals surface area contributed by atoms with E-state index in [0.717, 1.165) is 30.1 Å². The first-order valence-electron chi connectivity index (χ1n) is 8.61. The van der Waals surface area contributed by atoms with E-state index in [4.69, 9.17) is 0 Å². The summed E-state index contributed by atoms with van der Waals surface area (Å²) in [7, 11) is 0. The number of alkyl halides is 3. The highest BCUT2D eigenvalue weighted by atomic mass is 35.5. The van der Waals surface area contributed by atoms with Gasteiger partial charge in [0.1, 0.15) is 5.69 Å². The fourth-order valence-electron chi connectivity index (χ4n) is 3.58. The van der Waals surface area contributed by atoms with Gasteiger partial charge in [0.15, 0.2) is 5.65 Å². The van der Waals surface area contributed by atoms with Crippen molar-refractivity contribution < 1.29 is 13.2 Å². The van der Waals surface area contributed by atoms with E-state index in [1.807, 2.05) is 18.2 Å². The van der Waals surface area contributed by atoms with Crippen molar-refractivity contribution in [3.8, 4) is 0 Å². The van der Waals surface area contributed by atoms with E-state index < -0.39 is 11.9 Å². The Morgan fingerprint density at radius 2 is 1.89 bits per heavy atom. The molecule has 1 aliphatic rings.